The zero-order valence-corrected chi connectivity index (χ0v) is 15.1. The van der Waals surface area contributed by atoms with Gasteiger partial charge in [0.15, 0.2) is 0 Å². The van der Waals surface area contributed by atoms with Crippen LogP contribution >= 0.6 is 0 Å². The molecule has 1 aliphatic heterocycles. The minimum absolute atomic E-state index is 0.00740. The number of halogens is 3. The Labute approximate surface area is 163 Å². The van der Waals surface area contributed by atoms with Crippen LogP contribution in [-0.2, 0) is 10.9 Å². The van der Waals surface area contributed by atoms with Crippen LogP contribution in [0.25, 0.3) is 10.9 Å². The van der Waals surface area contributed by atoms with Gasteiger partial charge in [-0.05, 0) is 36.8 Å². The van der Waals surface area contributed by atoms with Crippen molar-refractivity contribution in [3.63, 3.8) is 0 Å². The quantitative estimate of drug-likeness (QED) is 0.714. The monoisotopic (exact) mass is 403 g/mol. The van der Waals surface area contributed by atoms with Crippen LogP contribution in [-0.4, -0.2) is 35.1 Å². The first-order valence-corrected chi connectivity index (χ1v) is 8.89. The lowest BCUT2D eigenvalue weighted by atomic mass is 10.2. The summed E-state index contributed by atoms with van der Waals surface area (Å²) in [5, 5.41) is 3.60. The number of nitrogens with zero attached hydrogens (tertiary/aromatic N) is 2. The molecule has 6 nitrogen and oxygen atoms in total. The fraction of sp³-hybridized carbons (Fsp3) is 0.250. The third kappa shape index (κ3) is 4.45. The van der Waals surface area contributed by atoms with E-state index in [1.165, 1.54) is 0 Å². The topological polar surface area (TPSA) is 73.3 Å². The van der Waals surface area contributed by atoms with Crippen LogP contribution in [0.2, 0.25) is 0 Å². The van der Waals surface area contributed by atoms with Gasteiger partial charge in [0.2, 0.25) is 5.88 Å². The lowest BCUT2D eigenvalue weighted by molar-refractivity contribution is -0.137. The Morgan fingerprint density at radius 3 is 2.72 bits per heavy atom. The molecule has 1 fully saturated rings. The minimum Gasteiger partial charge on any atom is -0.439 e. The van der Waals surface area contributed by atoms with Crippen LogP contribution in [0.15, 0.2) is 48.7 Å². The number of carbonyl (C=O) groups excluding carboxylic acids is 1. The third-order valence-corrected chi connectivity index (χ3v) is 4.44. The third-order valence-electron chi connectivity index (χ3n) is 4.44. The zero-order chi connectivity index (χ0) is 20.4. The minimum atomic E-state index is -4.45. The van der Waals surface area contributed by atoms with E-state index in [-0.39, 0.29) is 17.8 Å². The van der Waals surface area contributed by atoms with Gasteiger partial charge in [-0.2, -0.15) is 13.2 Å². The molecule has 1 aliphatic rings. The van der Waals surface area contributed by atoms with E-state index in [1.54, 1.807) is 30.3 Å². The van der Waals surface area contributed by atoms with E-state index < -0.39 is 11.7 Å². The second kappa shape index (κ2) is 7.67. The van der Waals surface area contributed by atoms with E-state index in [0.717, 1.165) is 30.1 Å². The molecule has 0 spiro atoms. The maximum absolute atomic E-state index is 12.6. The van der Waals surface area contributed by atoms with Gasteiger partial charge in [-0.15, -0.1) is 0 Å². The van der Waals surface area contributed by atoms with Crippen molar-refractivity contribution in [1.82, 2.24) is 15.3 Å². The van der Waals surface area contributed by atoms with E-state index in [9.17, 15) is 18.0 Å². The van der Waals surface area contributed by atoms with Crippen LogP contribution in [0.1, 0.15) is 22.5 Å². The fourth-order valence-corrected chi connectivity index (χ4v) is 2.93. The summed E-state index contributed by atoms with van der Waals surface area (Å²) in [6.07, 6.45) is -2.95. The molecule has 9 heteroatoms. The molecule has 1 atom stereocenters. The molecule has 29 heavy (non-hydrogen) atoms. The van der Waals surface area contributed by atoms with Gasteiger partial charge in [0.05, 0.1) is 23.7 Å². The van der Waals surface area contributed by atoms with Crippen LogP contribution in [0, 0.1) is 0 Å². The van der Waals surface area contributed by atoms with Crippen LogP contribution in [0.3, 0.4) is 0 Å². The van der Waals surface area contributed by atoms with Crippen molar-refractivity contribution in [3.05, 3.63) is 59.9 Å². The molecule has 0 bridgehead atoms. The number of fused-ring (bicyclic) bond motifs is 1. The SMILES string of the molecule is O=C(N[C@H]1CCOC1)c1ccc2cc(Oc3ccc(C(F)(F)F)cn3)ccc2n1. The molecule has 1 aromatic carbocycles. The Morgan fingerprint density at radius 1 is 1.17 bits per heavy atom. The summed E-state index contributed by atoms with van der Waals surface area (Å²) in [4.78, 5) is 20.3. The van der Waals surface area contributed by atoms with Crippen LogP contribution in [0.4, 0.5) is 13.2 Å². The number of amides is 1. The highest BCUT2D eigenvalue weighted by atomic mass is 19.4. The fourth-order valence-electron chi connectivity index (χ4n) is 2.93. The van der Waals surface area contributed by atoms with Crippen molar-refractivity contribution in [2.45, 2.75) is 18.6 Å². The normalized spacial score (nSPS) is 16.7. The number of benzene rings is 1. The number of nitrogens with one attached hydrogen (secondary N) is 1. The highest BCUT2D eigenvalue weighted by Crippen LogP contribution is 2.30. The molecule has 2 aromatic heterocycles. The van der Waals surface area contributed by atoms with Gasteiger partial charge in [-0.1, -0.05) is 6.07 Å². The maximum atomic E-state index is 12.6. The standard InChI is InChI=1S/C20H16F3N3O3/c21-20(22,23)13-2-6-18(24-10-13)29-15-3-5-16-12(9-15)1-4-17(26-16)19(27)25-14-7-8-28-11-14/h1-6,9-10,14H,7-8,11H2,(H,25,27)/t14-/m0/s1. The Morgan fingerprint density at radius 2 is 2.03 bits per heavy atom. The van der Waals surface area contributed by atoms with E-state index in [2.05, 4.69) is 15.3 Å². The van der Waals surface area contributed by atoms with Crippen molar-refractivity contribution in [2.24, 2.45) is 0 Å². The Kier molecular flexibility index (Phi) is 5.06. The first kappa shape index (κ1) is 19.1. The van der Waals surface area contributed by atoms with Crippen LogP contribution in [0.5, 0.6) is 11.6 Å². The second-order valence-corrected chi connectivity index (χ2v) is 6.57. The number of pyridine rings is 2. The van der Waals surface area contributed by atoms with E-state index in [1.807, 2.05) is 0 Å². The molecule has 0 radical (unpaired) electrons. The molecule has 1 amide bonds. The van der Waals surface area contributed by atoms with Crippen molar-refractivity contribution < 1.29 is 27.4 Å². The molecule has 3 heterocycles. The van der Waals surface area contributed by atoms with Crippen molar-refractivity contribution in [2.75, 3.05) is 13.2 Å². The lowest BCUT2D eigenvalue weighted by Gasteiger charge is -2.11. The Bertz CT molecular complexity index is 1030. The summed E-state index contributed by atoms with van der Waals surface area (Å²) in [6, 6.07) is 10.4. The Hall–Kier alpha value is -3.20. The summed E-state index contributed by atoms with van der Waals surface area (Å²) in [5.41, 5.74) is 0.0399. The number of alkyl halides is 3. The number of ether oxygens (including phenoxy) is 2. The summed E-state index contributed by atoms with van der Waals surface area (Å²) in [5.74, 6) is 0.170. The summed E-state index contributed by atoms with van der Waals surface area (Å²) < 4.78 is 48.6. The zero-order valence-electron chi connectivity index (χ0n) is 15.1. The van der Waals surface area contributed by atoms with E-state index in [4.69, 9.17) is 9.47 Å². The van der Waals surface area contributed by atoms with Gasteiger partial charge in [0, 0.05) is 24.3 Å². The molecule has 1 N–H and O–H groups in total. The largest absolute Gasteiger partial charge is 0.439 e. The molecular formula is C20H16F3N3O3. The van der Waals surface area contributed by atoms with E-state index >= 15 is 0 Å². The van der Waals surface area contributed by atoms with Crippen LogP contribution < -0.4 is 10.1 Å². The van der Waals surface area contributed by atoms with Gasteiger partial charge >= 0.3 is 6.18 Å². The molecule has 0 saturated carbocycles. The average Bonchev–Trinajstić information content (AvgIpc) is 3.20. The van der Waals surface area contributed by atoms with E-state index in [0.29, 0.717) is 30.2 Å². The second-order valence-electron chi connectivity index (χ2n) is 6.57. The molecule has 4 rings (SSSR count). The first-order valence-electron chi connectivity index (χ1n) is 8.89. The van der Waals surface area contributed by atoms with Crippen molar-refractivity contribution >= 4 is 16.8 Å². The highest BCUT2D eigenvalue weighted by Gasteiger charge is 2.30. The molecular weight excluding hydrogens is 387 g/mol. The van der Waals surface area contributed by atoms with Crippen molar-refractivity contribution in [1.29, 1.82) is 0 Å². The molecule has 0 unspecified atom stereocenters. The van der Waals surface area contributed by atoms with Crippen molar-refractivity contribution in [3.8, 4) is 11.6 Å². The highest BCUT2D eigenvalue weighted by molar-refractivity contribution is 5.95. The Balaban J connectivity index is 1.48. The maximum Gasteiger partial charge on any atom is 0.417 e. The number of hydrogen-bond donors (Lipinski definition) is 1. The average molecular weight is 403 g/mol. The first-order chi connectivity index (χ1) is 13.9. The summed E-state index contributed by atoms with van der Waals surface area (Å²) in [7, 11) is 0. The summed E-state index contributed by atoms with van der Waals surface area (Å²) >= 11 is 0. The molecule has 1 saturated heterocycles. The number of aromatic nitrogens is 2. The lowest BCUT2D eigenvalue weighted by Crippen LogP contribution is -2.35. The van der Waals surface area contributed by atoms with Gasteiger partial charge in [0.25, 0.3) is 5.91 Å². The van der Waals surface area contributed by atoms with Gasteiger partial charge in [0.1, 0.15) is 11.4 Å². The molecule has 3 aromatic rings. The smallest absolute Gasteiger partial charge is 0.417 e. The molecule has 0 aliphatic carbocycles. The number of carbonyl (C=O) groups is 1. The molecule has 150 valence electrons. The van der Waals surface area contributed by atoms with Gasteiger partial charge in [-0.25, -0.2) is 9.97 Å². The van der Waals surface area contributed by atoms with Gasteiger partial charge in [-0.3, -0.25) is 4.79 Å². The predicted molar refractivity (Wildman–Crippen MR) is 97.7 cm³/mol. The van der Waals surface area contributed by atoms with Gasteiger partial charge < -0.3 is 14.8 Å². The number of rotatable bonds is 4. The summed E-state index contributed by atoms with van der Waals surface area (Å²) in [6.45, 7) is 1.13. The number of hydrogen-bond acceptors (Lipinski definition) is 5. The predicted octanol–water partition coefficient (Wildman–Crippen LogP) is 3.96.